The van der Waals surface area contributed by atoms with Gasteiger partial charge in [-0.25, -0.2) is 9.97 Å². The van der Waals surface area contributed by atoms with Gasteiger partial charge in [-0.05, 0) is 41.6 Å². The van der Waals surface area contributed by atoms with Crippen LogP contribution in [-0.2, 0) is 0 Å². The Hall–Kier alpha value is -0.640. The second kappa shape index (κ2) is 4.70. The molecule has 1 N–H and O–H groups in total. The molecule has 16 heavy (non-hydrogen) atoms. The van der Waals surface area contributed by atoms with Crippen LogP contribution in [0.25, 0.3) is 0 Å². The van der Waals surface area contributed by atoms with Crippen molar-refractivity contribution in [3.05, 3.63) is 16.9 Å². The van der Waals surface area contributed by atoms with E-state index in [4.69, 9.17) is 0 Å². The quantitative estimate of drug-likeness (QED) is 0.916. The molecule has 0 aliphatic carbocycles. The van der Waals surface area contributed by atoms with Gasteiger partial charge in [-0.15, -0.1) is 0 Å². The molecule has 0 aliphatic rings. The van der Waals surface area contributed by atoms with Crippen molar-refractivity contribution in [1.82, 2.24) is 9.97 Å². The maximum Gasteiger partial charge on any atom is 0.223 e. The van der Waals surface area contributed by atoms with Crippen LogP contribution in [0.2, 0.25) is 0 Å². The molecular weight excluding hydrogens is 266 g/mol. The van der Waals surface area contributed by atoms with E-state index in [9.17, 15) is 0 Å². The first-order valence-electron chi connectivity index (χ1n) is 5.44. The highest BCUT2D eigenvalue weighted by molar-refractivity contribution is 9.10. The molecule has 3 nitrogen and oxygen atoms in total. The van der Waals surface area contributed by atoms with Gasteiger partial charge in [0.05, 0.1) is 4.47 Å². The molecule has 0 aliphatic heterocycles. The van der Waals surface area contributed by atoms with Crippen molar-refractivity contribution in [3.63, 3.8) is 0 Å². The largest absolute Gasteiger partial charge is 0.349 e. The van der Waals surface area contributed by atoms with E-state index in [2.05, 4.69) is 65.8 Å². The van der Waals surface area contributed by atoms with Crippen LogP contribution < -0.4 is 5.32 Å². The summed E-state index contributed by atoms with van der Waals surface area (Å²) in [5, 5.41) is 3.36. The number of aromatic nitrogens is 2. The predicted octanol–water partition coefficient (Wildman–Crippen LogP) is 3.87. The van der Waals surface area contributed by atoms with Gasteiger partial charge in [0.2, 0.25) is 5.95 Å². The topological polar surface area (TPSA) is 37.8 Å². The van der Waals surface area contributed by atoms with Gasteiger partial charge in [-0.3, -0.25) is 0 Å². The SMILES string of the molecule is CC(C)(C)CC(C)(C)Nc1ncc(Br)cn1. The van der Waals surface area contributed by atoms with E-state index >= 15 is 0 Å². The van der Waals surface area contributed by atoms with Gasteiger partial charge in [0.25, 0.3) is 0 Å². The van der Waals surface area contributed by atoms with Crippen molar-refractivity contribution in [3.8, 4) is 0 Å². The summed E-state index contributed by atoms with van der Waals surface area (Å²) in [6, 6.07) is 0. The Labute approximate surface area is 106 Å². The van der Waals surface area contributed by atoms with Crippen LogP contribution in [0.3, 0.4) is 0 Å². The van der Waals surface area contributed by atoms with Gasteiger partial charge in [0.15, 0.2) is 0 Å². The summed E-state index contributed by atoms with van der Waals surface area (Å²) in [5.41, 5.74) is 0.276. The Morgan fingerprint density at radius 3 is 2.06 bits per heavy atom. The number of anilines is 1. The van der Waals surface area contributed by atoms with E-state index < -0.39 is 0 Å². The summed E-state index contributed by atoms with van der Waals surface area (Å²) < 4.78 is 0.895. The second-order valence-electron chi connectivity index (χ2n) is 5.97. The predicted molar refractivity (Wildman–Crippen MR) is 71.5 cm³/mol. The minimum Gasteiger partial charge on any atom is -0.349 e. The third-order valence-electron chi connectivity index (χ3n) is 2.04. The van der Waals surface area contributed by atoms with Crippen molar-refractivity contribution in [2.45, 2.75) is 46.6 Å². The highest BCUT2D eigenvalue weighted by Crippen LogP contribution is 2.28. The van der Waals surface area contributed by atoms with Crippen molar-refractivity contribution in [2.75, 3.05) is 5.32 Å². The molecule has 1 heterocycles. The fourth-order valence-corrected chi connectivity index (χ4v) is 2.25. The number of hydrogen-bond acceptors (Lipinski definition) is 3. The molecule has 1 aromatic rings. The van der Waals surface area contributed by atoms with Crippen LogP contribution in [0.5, 0.6) is 0 Å². The van der Waals surface area contributed by atoms with E-state index in [-0.39, 0.29) is 11.0 Å². The van der Waals surface area contributed by atoms with E-state index in [0.29, 0.717) is 5.95 Å². The van der Waals surface area contributed by atoms with E-state index in [0.717, 1.165) is 10.9 Å². The Balaban J connectivity index is 2.69. The lowest BCUT2D eigenvalue weighted by Gasteiger charge is -2.33. The highest BCUT2D eigenvalue weighted by Gasteiger charge is 2.25. The molecule has 0 amide bonds. The normalized spacial score (nSPS) is 12.6. The van der Waals surface area contributed by atoms with Crippen LogP contribution in [0, 0.1) is 5.41 Å². The fourth-order valence-electron chi connectivity index (χ4n) is 2.05. The Bertz CT molecular complexity index is 338. The molecule has 0 spiro atoms. The number of hydrogen-bond donors (Lipinski definition) is 1. The minimum atomic E-state index is -0.00786. The Kier molecular flexibility index (Phi) is 3.94. The van der Waals surface area contributed by atoms with Gasteiger partial charge in [0.1, 0.15) is 0 Å². The molecule has 0 bridgehead atoms. The lowest BCUT2D eigenvalue weighted by molar-refractivity contribution is 0.301. The van der Waals surface area contributed by atoms with Gasteiger partial charge in [-0.1, -0.05) is 20.8 Å². The summed E-state index contributed by atoms with van der Waals surface area (Å²) in [6.07, 6.45) is 4.56. The first-order valence-corrected chi connectivity index (χ1v) is 6.23. The summed E-state index contributed by atoms with van der Waals surface area (Å²) in [6.45, 7) is 11.0. The number of rotatable bonds is 3. The van der Waals surface area contributed by atoms with Gasteiger partial charge in [-0.2, -0.15) is 0 Å². The average molecular weight is 286 g/mol. The van der Waals surface area contributed by atoms with E-state index in [1.807, 2.05) is 0 Å². The van der Waals surface area contributed by atoms with Gasteiger partial charge in [0, 0.05) is 17.9 Å². The molecule has 0 fully saturated rings. The van der Waals surface area contributed by atoms with Crippen LogP contribution in [0.15, 0.2) is 16.9 Å². The molecule has 4 heteroatoms. The second-order valence-corrected chi connectivity index (χ2v) is 6.89. The van der Waals surface area contributed by atoms with Gasteiger partial charge < -0.3 is 5.32 Å². The third-order valence-corrected chi connectivity index (χ3v) is 2.45. The van der Waals surface area contributed by atoms with Crippen LogP contribution >= 0.6 is 15.9 Å². The molecule has 1 rings (SSSR count). The molecule has 0 unspecified atom stereocenters. The van der Waals surface area contributed by atoms with Crippen molar-refractivity contribution >= 4 is 21.9 Å². The standard InChI is InChI=1S/C12H20BrN3/c1-11(2,3)8-12(4,5)16-10-14-6-9(13)7-15-10/h6-7H,8H2,1-5H3,(H,14,15,16). The Morgan fingerprint density at radius 2 is 1.62 bits per heavy atom. The summed E-state index contributed by atoms with van der Waals surface area (Å²) in [4.78, 5) is 8.45. The van der Waals surface area contributed by atoms with E-state index in [1.165, 1.54) is 0 Å². The lowest BCUT2D eigenvalue weighted by Crippen LogP contribution is -2.36. The zero-order valence-corrected chi connectivity index (χ0v) is 12.2. The van der Waals surface area contributed by atoms with Gasteiger partial charge >= 0.3 is 0 Å². The van der Waals surface area contributed by atoms with Crippen LogP contribution in [0.4, 0.5) is 5.95 Å². The summed E-state index contributed by atoms with van der Waals surface area (Å²) in [5.74, 6) is 0.678. The van der Waals surface area contributed by atoms with Crippen molar-refractivity contribution in [1.29, 1.82) is 0 Å². The molecule has 0 aromatic carbocycles. The molecule has 1 aromatic heterocycles. The average Bonchev–Trinajstić information content (AvgIpc) is 2.04. The Morgan fingerprint density at radius 1 is 1.12 bits per heavy atom. The zero-order valence-electron chi connectivity index (χ0n) is 10.6. The lowest BCUT2D eigenvalue weighted by atomic mass is 9.82. The van der Waals surface area contributed by atoms with Crippen molar-refractivity contribution < 1.29 is 0 Å². The zero-order chi connectivity index (χ0) is 12.4. The number of nitrogens with one attached hydrogen (secondary N) is 1. The maximum absolute atomic E-state index is 4.22. The minimum absolute atomic E-state index is 0.00786. The molecular formula is C12H20BrN3. The number of halogens is 1. The maximum atomic E-state index is 4.22. The van der Waals surface area contributed by atoms with Crippen LogP contribution in [-0.4, -0.2) is 15.5 Å². The molecule has 0 radical (unpaired) electrons. The number of nitrogens with zero attached hydrogens (tertiary/aromatic N) is 2. The van der Waals surface area contributed by atoms with E-state index in [1.54, 1.807) is 12.4 Å². The third kappa shape index (κ3) is 4.92. The molecule has 90 valence electrons. The summed E-state index contributed by atoms with van der Waals surface area (Å²) >= 11 is 3.32. The molecule has 0 saturated heterocycles. The molecule has 0 saturated carbocycles. The first kappa shape index (κ1) is 13.4. The smallest absolute Gasteiger partial charge is 0.223 e. The van der Waals surface area contributed by atoms with Crippen molar-refractivity contribution in [2.24, 2.45) is 5.41 Å². The molecule has 0 atom stereocenters. The highest BCUT2D eigenvalue weighted by atomic mass is 79.9. The monoisotopic (exact) mass is 285 g/mol. The first-order chi connectivity index (χ1) is 7.18. The summed E-state index contributed by atoms with van der Waals surface area (Å²) in [7, 11) is 0. The van der Waals surface area contributed by atoms with Crippen LogP contribution in [0.1, 0.15) is 41.0 Å². The fraction of sp³-hybridized carbons (Fsp3) is 0.667.